The Balaban J connectivity index is 2.08. The maximum absolute atomic E-state index is 12.7. The van der Waals surface area contributed by atoms with E-state index in [0.717, 1.165) is 51.1 Å². The van der Waals surface area contributed by atoms with E-state index in [9.17, 15) is 4.79 Å². The molecular formula is C14H24N4O. The molecule has 0 amide bonds. The average molecular weight is 264 g/mol. The van der Waals surface area contributed by atoms with E-state index in [2.05, 4.69) is 29.2 Å². The number of rotatable bonds is 7. The number of aromatic nitrogens is 3. The summed E-state index contributed by atoms with van der Waals surface area (Å²) in [6.45, 7) is 6.86. The molecule has 1 aliphatic rings. The minimum atomic E-state index is -0.169. The van der Waals surface area contributed by atoms with Crippen LogP contribution in [-0.2, 0) is 17.8 Å². The number of nitrogens with zero attached hydrogens (tertiary/aromatic N) is 3. The van der Waals surface area contributed by atoms with Gasteiger partial charge in [0, 0.05) is 18.5 Å². The third-order valence-electron chi connectivity index (χ3n) is 4.01. The van der Waals surface area contributed by atoms with E-state index in [0.29, 0.717) is 12.2 Å². The van der Waals surface area contributed by atoms with E-state index in [-0.39, 0.29) is 5.41 Å². The second-order valence-corrected chi connectivity index (χ2v) is 5.46. The van der Waals surface area contributed by atoms with Gasteiger partial charge in [0.1, 0.15) is 17.9 Å². The average Bonchev–Trinajstić information content (AvgIpc) is 3.01. The summed E-state index contributed by atoms with van der Waals surface area (Å²) in [6, 6.07) is 0. The van der Waals surface area contributed by atoms with Gasteiger partial charge in [-0.15, -0.1) is 0 Å². The molecule has 1 aromatic rings. The fourth-order valence-electron chi connectivity index (χ4n) is 2.97. The Morgan fingerprint density at radius 1 is 1.47 bits per heavy atom. The van der Waals surface area contributed by atoms with E-state index in [1.54, 1.807) is 6.33 Å². The largest absolute Gasteiger partial charge is 0.316 e. The van der Waals surface area contributed by atoms with E-state index in [1.807, 2.05) is 4.68 Å². The van der Waals surface area contributed by atoms with Crippen molar-refractivity contribution in [3.05, 3.63) is 12.2 Å². The number of nitrogens with one attached hydrogen (secondary N) is 1. The predicted molar refractivity (Wildman–Crippen MR) is 73.9 cm³/mol. The molecule has 106 valence electrons. The first kappa shape index (κ1) is 14.2. The molecule has 1 N–H and O–H groups in total. The van der Waals surface area contributed by atoms with E-state index >= 15 is 0 Å². The van der Waals surface area contributed by atoms with Crippen LogP contribution in [0.1, 0.15) is 45.4 Å². The van der Waals surface area contributed by atoms with Gasteiger partial charge in [-0.2, -0.15) is 5.10 Å². The molecule has 0 bridgehead atoms. The van der Waals surface area contributed by atoms with Gasteiger partial charge in [0.05, 0.1) is 6.42 Å². The standard InChI is InChI=1S/C14H24N4O/c1-3-5-14(6-7-15-10-14)12(19)9-13-16-11-17-18(13)8-4-2/h11,15H,3-10H2,1-2H3. The van der Waals surface area contributed by atoms with Crippen LogP contribution < -0.4 is 5.32 Å². The van der Waals surface area contributed by atoms with Gasteiger partial charge in [-0.3, -0.25) is 4.79 Å². The van der Waals surface area contributed by atoms with Crippen molar-refractivity contribution in [3.63, 3.8) is 0 Å². The summed E-state index contributed by atoms with van der Waals surface area (Å²) >= 11 is 0. The molecule has 1 atom stereocenters. The molecule has 1 aliphatic heterocycles. The third kappa shape index (κ3) is 3.03. The maximum atomic E-state index is 12.7. The molecular weight excluding hydrogens is 240 g/mol. The van der Waals surface area contributed by atoms with Gasteiger partial charge in [-0.1, -0.05) is 20.3 Å². The summed E-state index contributed by atoms with van der Waals surface area (Å²) in [6.07, 6.45) is 5.96. The molecule has 1 saturated heterocycles. The summed E-state index contributed by atoms with van der Waals surface area (Å²) in [4.78, 5) is 16.9. The monoisotopic (exact) mass is 264 g/mol. The van der Waals surface area contributed by atoms with Crippen molar-refractivity contribution < 1.29 is 4.79 Å². The molecule has 5 nitrogen and oxygen atoms in total. The minimum Gasteiger partial charge on any atom is -0.316 e. The molecule has 0 radical (unpaired) electrons. The van der Waals surface area contributed by atoms with Crippen LogP contribution in [0.25, 0.3) is 0 Å². The highest BCUT2D eigenvalue weighted by molar-refractivity contribution is 5.86. The SMILES string of the molecule is CCCn1ncnc1CC(=O)C1(CCC)CCNC1. The first-order valence-corrected chi connectivity index (χ1v) is 7.32. The second-order valence-electron chi connectivity index (χ2n) is 5.46. The molecule has 2 rings (SSSR count). The highest BCUT2D eigenvalue weighted by Crippen LogP contribution is 2.33. The number of Topliss-reactive ketones (excluding diaryl/α,β-unsaturated/α-hetero) is 1. The Morgan fingerprint density at radius 3 is 2.95 bits per heavy atom. The molecule has 0 aromatic carbocycles. The first-order valence-electron chi connectivity index (χ1n) is 7.32. The lowest BCUT2D eigenvalue weighted by Crippen LogP contribution is -2.35. The van der Waals surface area contributed by atoms with Crippen LogP contribution in [0, 0.1) is 5.41 Å². The highest BCUT2D eigenvalue weighted by Gasteiger charge is 2.40. The molecule has 0 spiro atoms. The zero-order valence-electron chi connectivity index (χ0n) is 12.0. The number of aryl methyl sites for hydroxylation is 1. The predicted octanol–water partition coefficient (Wildman–Crippen LogP) is 1.58. The van der Waals surface area contributed by atoms with Crippen LogP contribution in [0.3, 0.4) is 0 Å². The number of ketones is 1. The Kier molecular flexibility index (Phi) is 4.69. The molecule has 2 heterocycles. The molecule has 19 heavy (non-hydrogen) atoms. The van der Waals surface area contributed by atoms with Crippen LogP contribution >= 0.6 is 0 Å². The van der Waals surface area contributed by atoms with E-state index < -0.39 is 0 Å². The van der Waals surface area contributed by atoms with Gasteiger partial charge in [-0.25, -0.2) is 9.67 Å². The lowest BCUT2D eigenvalue weighted by Gasteiger charge is -2.26. The van der Waals surface area contributed by atoms with Gasteiger partial charge in [0.2, 0.25) is 0 Å². The van der Waals surface area contributed by atoms with Crippen molar-refractivity contribution in [1.29, 1.82) is 0 Å². The third-order valence-corrected chi connectivity index (χ3v) is 4.01. The molecule has 1 aromatic heterocycles. The summed E-state index contributed by atoms with van der Waals surface area (Å²) in [5.41, 5.74) is -0.169. The fraction of sp³-hybridized carbons (Fsp3) is 0.786. The topological polar surface area (TPSA) is 59.8 Å². The van der Waals surface area contributed by atoms with E-state index in [1.165, 1.54) is 0 Å². The van der Waals surface area contributed by atoms with Crippen LogP contribution in [0.2, 0.25) is 0 Å². The lowest BCUT2D eigenvalue weighted by molar-refractivity contribution is -0.127. The van der Waals surface area contributed by atoms with Gasteiger partial charge in [0.15, 0.2) is 0 Å². The number of carbonyl (C=O) groups is 1. The summed E-state index contributed by atoms with van der Waals surface area (Å²) in [5.74, 6) is 1.14. The molecule has 1 fully saturated rings. The molecule has 0 saturated carbocycles. The quantitative estimate of drug-likeness (QED) is 0.812. The number of hydrogen-bond donors (Lipinski definition) is 1. The summed E-state index contributed by atoms with van der Waals surface area (Å²) in [5, 5.41) is 7.53. The van der Waals surface area contributed by atoms with Crippen molar-refractivity contribution in [3.8, 4) is 0 Å². The van der Waals surface area contributed by atoms with Crippen LogP contribution in [-0.4, -0.2) is 33.6 Å². The zero-order chi connectivity index (χ0) is 13.7. The maximum Gasteiger partial charge on any atom is 0.147 e. The van der Waals surface area contributed by atoms with E-state index in [4.69, 9.17) is 0 Å². The van der Waals surface area contributed by atoms with Crippen molar-refractivity contribution in [1.82, 2.24) is 20.1 Å². The Bertz CT molecular complexity index is 421. The molecule has 1 unspecified atom stereocenters. The van der Waals surface area contributed by atoms with Gasteiger partial charge in [0.25, 0.3) is 0 Å². The van der Waals surface area contributed by atoms with Gasteiger partial charge in [-0.05, 0) is 25.8 Å². The fourth-order valence-corrected chi connectivity index (χ4v) is 2.97. The zero-order valence-corrected chi connectivity index (χ0v) is 12.0. The number of hydrogen-bond acceptors (Lipinski definition) is 4. The van der Waals surface area contributed by atoms with Crippen LogP contribution in [0.4, 0.5) is 0 Å². The minimum absolute atomic E-state index is 0.169. The summed E-state index contributed by atoms with van der Waals surface area (Å²) < 4.78 is 1.86. The second kappa shape index (κ2) is 6.28. The molecule has 5 heteroatoms. The lowest BCUT2D eigenvalue weighted by atomic mass is 9.77. The van der Waals surface area contributed by atoms with Gasteiger partial charge < -0.3 is 5.32 Å². The van der Waals surface area contributed by atoms with Crippen molar-refractivity contribution >= 4 is 5.78 Å². The summed E-state index contributed by atoms with van der Waals surface area (Å²) in [7, 11) is 0. The normalized spacial score (nSPS) is 22.8. The Hall–Kier alpha value is -1.23. The van der Waals surface area contributed by atoms with Crippen molar-refractivity contribution in [2.45, 2.75) is 52.5 Å². The van der Waals surface area contributed by atoms with Crippen molar-refractivity contribution in [2.75, 3.05) is 13.1 Å². The Labute approximate surface area is 114 Å². The Morgan fingerprint density at radius 2 is 2.32 bits per heavy atom. The smallest absolute Gasteiger partial charge is 0.147 e. The number of carbonyl (C=O) groups excluding carboxylic acids is 1. The first-order chi connectivity index (χ1) is 9.22. The van der Waals surface area contributed by atoms with Crippen LogP contribution in [0.15, 0.2) is 6.33 Å². The van der Waals surface area contributed by atoms with Gasteiger partial charge >= 0.3 is 0 Å². The molecule has 0 aliphatic carbocycles. The van der Waals surface area contributed by atoms with Crippen molar-refractivity contribution in [2.24, 2.45) is 5.41 Å². The van der Waals surface area contributed by atoms with Crippen LogP contribution in [0.5, 0.6) is 0 Å². The highest BCUT2D eigenvalue weighted by atomic mass is 16.1.